The second-order valence-corrected chi connectivity index (χ2v) is 3.60. The van der Waals surface area contributed by atoms with Crippen molar-refractivity contribution >= 4 is 46.5 Å². The van der Waals surface area contributed by atoms with E-state index >= 15 is 0 Å². The fourth-order valence-corrected chi connectivity index (χ4v) is 1.56. The smallest absolute Gasteiger partial charge is 0.339 e. The van der Waals surface area contributed by atoms with E-state index in [0.717, 1.165) is 0 Å². The highest BCUT2D eigenvalue weighted by molar-refractivity contribution is 6.47. The molecule has 0 aliphatic rings. The number of methoxy groups -OCH3 is 1. The van der Waals surface area contributed by atoms with Crippen molar-refractivity contribution in [1.29, 1.82) is 0 Å². The minimum absolute atomic E-state index is 0.0421. The van der Waals surface area contributed by atoms with Crippen molar-refractivity contribution in [1.82, 2.24) is 0 Å². The molecule has 2 N–H and O–H groups in total. The van der Waals surface area contributed by atoms with Gasteiger partial charge in [0.1, 0.15) is 0 Å². The minimum Gasteiger partial charge on any atom is -0.465 e. The molecule has 0 heterocycles. The highest BCUT2D eigenvalue weighted by Crippen LogP contribution is 2.36. The van der Waals surface area contributed by atoms with Gasteiger partial charge in [-0.25, -0.2) is 4.79 Å². The molecule has 0 saturated heterocycles. The van der Waals surface area contributed by atoms with Crippen LogP contribution >= 0.6 is 34.8 Å². The van der Waals surface area contributed by atoms with Gasteiger partial charge in [0.15, 0.2) is 0 Å². The van der Waals surface area contributed by atoms with Gasteiger partial charge in [-0.15, -0.1) is 0 Å². The number of anilines is 1. The number of hydrogen-bond acceptors (Lipinski definition) is 3. The lowest BCUT2D eigenvalue weighted by atomic mass is 10.2. The Morgan fingerprint density at radius 2 is 1.93 bits per heavy atom. The quantitative estimate of drug-likeness (QED) is 0.476. The molecule has 0 aromatic heterocycles. The zero-order chi connectivity index (χ0) is 10.9. The van der Waals surface area contributed by atoms with E-state index in [9.17, 15) is 4.79 Å². The van der Waals surface area contributed by atoms with Crippen LogP contribution in [0.2, 0.25) is 15.1 Å². The van der Waals surface area contributed by atoms with Crippen LogP contribution in [0.15, 0.2) is 6.07 Å². The van der Waals surface area contributed by atoms with Gasteiger partial charge in [0.25, 0.3) is 0 Å². The topological polar surface area (TPSA) is 52.3 Å². The lowest BCUT2D eigenvalue weighted by Crippen LogP contribution is -2.03. The van der Waals surface area contributed by atoms with Gasteiger partial charge in [-0.1, -0.05) is 34.8 Å². The monoisotopic (exact) mass is 253 g/mol. The van der Waals surface area contributed by atoms with Crippen LogP contribution in [0.4, 0.5) is 5.69 Å². The number of nitrogens with two attached hydrogens (primary N) is 1. The molecule has 0 fully saturated rings. The van der Waals surface area contributed by atoms with Crippen molar-refractivity contribution in [3.8, 4) is 0 Å². The minimum atomic E-state index is -0.612. The molecule has 76 valence electrons. The number of carbonyl (C=O) groups is 1. The summed E-state index contributed by atoms with van der Waals surface area (Å²) < 4.78 is 4.49. The molecule has 3 nitrogen and oxygen atoms in total. The maximum absolute atomic E-state index is 11.2. The van der Waals surface area contributed by atoms with Crippen molar-refractivity contribution in [2.45, 2.75) is 0 Å². The van der Waals surface area contributed by atoms with Crippen molar-refractivity contribution in [2.24, 2.45) is 0 Å². The molecule has 1 rings (SSSR count). The summed E-state index contributed by atoms with van der Waals surface area (Å²) in [6.07, 6.45) is 0. The summed E-state index contributed by atoms with van der Waals surface area (Å²) in [5, 5.41) is 0.264. The Balaban J connectivity index is 3.40. The molecule has 0 aliphatic heterocycles. The summed E-state index contributed by atoms with van der Waals surface area (Å²) in [6.45, 7) is 0. The summed E-state index contributed by atoms with van der Waals surface area (Å²) in [5.41, 5.74) is 5.73. The molecular weight excluding hydrogens is 248 g/mol. The van der Waals surface area contributed by atoms with Gasteiger partial charge in [-0.3, -0.25) is 0 Å². The van der Waals surface area contributed by atoms with Crippen LogP contribution in [-0.2, 0) is 4.74 Å². The van der Waals surface area contributed by atoms with Crippen LogP contribution in [0.1, 0.15) is 10.4 Å². The van der Waals surface area contributed by atoms with Crippen LogP contribution in [0.5, 0.6) is 0 Å². The summed E-state index contributed by atoms with van der Waals surface area (Å²) in [4.78, 5) is 11.2. The predicted octanol–water partition coefficient (Wildman–Crippen LogP) is 3.02. The van der Waals surface area contributed by atoms with Gasteiger partial charge in [0, 0.05) is 0 Å². The Kier molecular flexibility index (Phi) is 3.48. The Labute approximate surface area is 95.7 Å². The molecule has 0 atom stereocenters. The van der Waals surface area contributed by atoms with Crippen LogP contribution < -0.4 is 5.73 Å². The van der Waals surface area contributed by atoms with Gasteiger partial charge >= 0.3 is 5.97 Å². The summed E-state index contributed by atoms with van der Waals surface area (Å²) in [5.74, 6) is -0.612. The molecule has 1 aromatic carbocycles. The Hall–Kier alpha value is -0.640. The third kappa shape index (κ3) is 1.90. The SMILES string of the molecule is COC(=O)c1cc(Cl)c(N)c(Cl)c1Cl. The van der Waals surface area contributed by atoms with Crippen LogP contribution in [0.25, 0.3) is 0 Å². The molecule has 14 heavy (non-hydrogen) atoms. The molecule has 1 aromatic rings. The van der Waals surface area contributed by atoms with E-state index in [-0.39, 0.29) is 26.3 Å². The molecule has 0 radical (unpaired) electrons. The lowest BCUT2D eigenvalue weighted by Gasteiger charge is -2.07. The van der Waals surface area contributed by atoms with Crippen molar-refractivity contribution < 1.29 is 9.53 Å². The first kappa shape index (κ1) is 11.4. The first-order valence-corrected chi connectivity index (χ1v) is 4.63. The van der Waals surface area contributed by atoms with Crippen molar-refractivity contribution in [2.75, 3.05) is 12.8 Å². The second-order valence-electron chi connectivity index (χ2n) is 2.44. The standard InChI is InChI=1S/C8H6Cl3NO2/c1-14-8(13)3-2-4(9)7(12)6(11)5(3)10/h2H,12H2,1H3. The number of halogens is 3. The number of hydrogen-bond donors (Lipinski definition) is 1. The van der Waals surface area contributed by atoms with Crippen LogP contribution in [0.3, 0.4) is 0 Å². The lowest BCUT2D eigenvalue weighted by molar-refractivity contribution is 0.0601. The highest BCUT2D eigenvalue weighted by atomic mass is 35.5. The van der Waals surface area contributed by atoms with E-state index in [0.29, 0.717) is 0 Å². The zero-order valence-corrected chi connectivity index (χ0v) is 9.37. The zero-order valence-electron chi connectivity index (χ0n) is 7.11. The summed E-state index contributed by atoms with van der Waals surface area (Å²) in [7, 11) is 1.23. The average molecular weight is 254 g/mol. The number of benzene rings is 1. The predicted molar refractivity (Wildman–Crippen MR) is 57.2 cm³/mol. The number of rotatable bonds is 1. The van der Waals surface area contributed by atoms with E-state index in [1.807, 2.05) is 0 Å². The molecule has 0 aliphatic carbocycles. The first-order chi connectivity index (χ1) is 6.49. The number of nitrogen functional groups attached to an aromatic ring is 1. The third-order valence-corrected chi connectivity index (χ3v) is 2.79. The number of ether oxygens (including phenoxy) is 1. The molecular formula is C8H6Cl3NO2. The Morgan fingerprint density at radius 3 is 2.43 bits per heavy atom. The van der Waals surface area contributed by atoms with Gasteiger partial charge in [-0.05, 0) is 6.07 Å². The normalized spacial score (nSPS) is 10.0. The maximum Gasteiger partial charge on any atom is 0.339 e. The van der Waals surface area contributed by atoms with Crippen molar-refractivity contribution in [3.05, 3.63) is 26.7 Å². The Bertz CT molecular complexity index is 393. The molecule has 0 unspecified atom stereocenters. The first-order valence-electron chi connectivity index (χ1n) is 3.50. The van der Waals surface area contributed by atoms with E-state index in [2.05, 4.69) is 4.74 Å². The van der Waals surface area contributed by atoms with E-state index < -0.39 is 5.97 Å². The Morgan fingerprint density at radius 1 is 1.36 bits per heavy atom. The van der Waals surface area contributed by atoms with Gasteiger partial charge in [-0.2, -0.15) is 0 Å². The molecule has 0 saturated carbocycles. The van der Waals surface area contributed by atoms with E-state index in [1.165, 1.54) is 13.2 Å². The van der Waals surface area contributed by atoms with Crippen LogP contribution in [0, 0.1) is 0 Å². The van der Waals surface area contributed by atoms with Gasteiger partial charge < -0.3 is 10.5 Å². The average Bonchev–Trinajstić information content (AvgIpc) is 2.19. The molecule has 0 bridgehead atoms. The second kappa shape index (κ2) is 4.26. The summed E-state index contributed by atoms with van der Waals surface area (Å²) in [6, 6.07) is 1.32. The number of esters is 1. The van der Waals surface area contributed by atoms with E-state index in [4.69, 9.17) is 40.5 Å². The molecule has 0 spiro atoms. The third-order valence-electron chi connectivity index (χ3n) is 1.60. The highest BCUT2D eigenvalue weighted by Gasteiger charge is 2.17. The molecule has 0 amide bonds. The largest absolute Gasteiger partial charge is 0.465 e. The van der Waals surface area contributed by atoms with Gasteiger partial charge in [0.2, 0.25) is 0 Å². The van der Waals surface area contributed by atoms with Gasteiger partial charge in [0.05, 0.1) is 33.4 Å². The number of carbonyl (C=O) groups excluding carboxylic acids is 1. The molecule has 6 heteroatoms. The van der Waals surface area contributed by atoms with Crippen molar-refractivity contribution in [3.63, 3.8) is 0 Å². The summed E-state index contributed by atoms with van der Waals surface area (Å²) >= 11 is 17.2. The fraction of sp³-hybridized carbons (Fsp3) is 0.125. The fourth-order valence-electron chi connectivity index (χ4n) is 0.868. The maximum atomic E-state index is 11.2. The van der Waals surface area contributed by atoms with Crippen LogP contribution in [-0.4, -0.2) is 13.1 Å². The van der Waals surface area contributed by atoms with E-state index in [1.54, 1.807) is 0 Å².